The highest BCUT2D eigenvalue weighted by Crippen LogP contribution is 2.26. The van der Waals surface area contributed by atoms with Crippen molar-refractivity contribution in [2.45, 2.75) is 52.0 Å². The van der Waals surface area contributed by atoms with Crippen molar-refractivity contribution in [1.82, 2.24) is 9.13 Å². The zero-order valence-corrected chi connectivity index (χ0v) is 19.4. The van der Waals surface area contributed by atoms with E-state index in [1.807, 2.05) is 49.4 Å². The predicted octanol–water partition coefficient (Wildman–Crippen LogP) is 5.71. The summed E-state index contributed by atoms with van der Waals surface area (Å²) in [5.41, 5.74) is 2.98. The highest BCUT2D eigenvalue weighted by Gasteiger charge is 2.25. The number of aromatic carboxylic acids is 1. The van der Waals surface area contributed by atoms with E-state index >= 15 is 0 Å². The van der Waals surface area contributed by atoms with Gasteiger partial charge in [0.05, 0.1) is 17.8 Å². The molecule has 1 aromatic heterocycles. The van der Waals surface area contributed by atoms with Gasteiger partial charge in [-0.2, -0.15) is 0 Å². The Morgan fingerprint density at radius 3 is 2.41 bits per heavy atom. The molecule has 0 bridgehead atoms. The van der Waals surface area contributed by atoms with Gasteiger partial charge in [-0.1, -0.05) is 74.7 Å². The molecule has 0 saturated heterocycles. The van der Waals surface area contributed by atoms with Crippen LogP contribution >= 0.6 is 0 Å². The molecule has 0 unspecified atom stereocenters. The molecule has 6 nitrogen and oxygen atoms in total. The molecule has 176 valence electrons. The van der Waals surface area contributed by atoms with Crippen molar-refractivity contribution in [3.8, 4) is 11.1 Å². The third-order valence-electron chi connectivity index (χ3n) is 6.49. The Morgan fingerprint density at radius 1 is 1.03 bits per heavy atom. The number of rotatable bonds is 7. The van der Waals surface area contributed by atoms with Crippen LogP contribution in [0, 0.1) is 5.92 Å². The van der Waals surface area contributed by atoms with Crippen LogP contribution in [0.25, 0.3) is 17.2 Å². The average Bonchev–Trinajstić information content (AvgIpc) is 3.18. The van der Waals surface area contributed by atoms with Crippen LogP contribution in [0.3, 0.4) is 0 Å². The maximum absolute atomic E-state index is 13.3. The Labute approximate surface area is 199 Å². The molecule has 1 aliphatic carbocycles. The smallest absolute Gasteiger partial charge is 0.336 e. The van der Waals surface area contributed by atoms with Crippen LogP contribution in [0.5, 0.6) is 0 Å². The standard InChI is InChI=1S/C28H30N2O4/c1-2-3-11-23-19-30(26(31)22-9-5-4-6-10-22)28(34)29(23)18-20-14-16-21(17-15-20)24-12-7-8-13-25(24)27(32)33/h3,7-8,11-17,19,22H,2,4-6,9-10,18H2,1H3,(H,32,33). The number of nitrogens with zero attached hydrogens (tertiary/aromatic N) is 2. The number of hydrogen-bond acceptors (Lipinski definition) is 3. The third kappa shape index (κ3) is 4.96. The molecule has 1 saturated carbocycles. The number of imidazole rings is 1. The van der Waals surface area contributed by atoms with Crippen LogP contribution in [0.2, 0.25) is 0 Å². The number of carboxylic acids is 1. The van der Waals surface area contributed by atoms with E-state index in [9.17, 15) is 19.5 Å². The van der Waals surface area contributed by atoms with Crippen molar-refractivity contribution in [2.75, 3.05) is 0 Å². The first-order valence-electron chi connectivity index (χ1n) is 11.9. The van der Waals surface area contributed by atoms with Crippen LogP contribution in [0.15, 0.2) is 65.6 Å². The summed E-state index contributed by atoms with van der Waals surface area (Å²) in [6.45, 7) is 2.35. The summed E-state index contributed by atoms with van der Waals surface area (Å²) in [5, 5.41) is 9.48. The second kappa shape index (κ2) is 10.5. The Morgan fingerprint density at radius 2 is 1.74 bits per heavy atom. The van der Waals surface area contributed by atoms with Crippen molar-refractivity contribution < 1.29 is 14.7 Å². The summed E-state index contributed by atoms with van der Waals surface area (Å²) >= 11 is 0. The highest BCUT2D eigenvalue weighted by molar-refractivity contribution is 5.96. The van der Waals surface area contributed by atoms with Crippen molar-refractivity contribution in [1.29, 1.82) is 0 Å². The van der Waals surface area contributed by atoms with E-state index in [0.717, 1.165) is 49.7 Å². The van der Waals surface area contributed by atoms with Crippen molar-refractivity contribution >= 4 is 18.0 Å². The number of allylic oxidation sites excluding steroid dienone is 1. The molecule has 1 aliphatic rings. The second-order valence-electron chi connectivity index (χ2n) is 8.82. The minimum Gasteiger partial charge on any atom is -0.478 e. The molecule has 6 heteroatoms. The van der Waals surface area contributed by atoms with Crippen LogP contribution in [0.1, 0.15) is 71.9 Å². The molecule has 0 spiro atoms. The molecule has 0 amide bonds. The van der Waals surface area contributed by atoms with Crippen molar-refractivity contribution in [3.63, 3.8) is 0 Å². The van der Waals surface area contributed by atoms with E-state index in [0.29, 0.717) is 17.8 Å². The average molecular weight is 459 g/mol. The molecule has 2 aromatic carbocycles. The number of hydrogen-bond donors (Lipinski definition) is 1. The van der Waals surface area contributed by atoms with Crippen LogP contribution in [-0.4, -0.2) is 26.1 Å². The molecule has 0 aliphatic heterocycles. The molecule has 34 heavy (non-hydrogen) atoms. The fourth-order valence-corrected chi connectivity index (χ4v) is 4.63. The molecule has 3 aromatic rings. The summed E-state index contributed by atoms with van der Waals surface area (Å²) in [5.74, 6) is -1.16. The fourth-order valence-electron chi connectivity index (χ4n) is 4.63. The van der Waals surface area contributed by atoms with Gasteiger partial charge in [0.1, 0.15) is 0 Å². The Hall–Kier alpha value is -3.67. The van der Waals surface area contributed by atoms with Gasteiger partial charge in [-0.05, 0) is 48.1 Å². The number of carbonyl (C=O) groups is 2. The van der Waals surface area contributed by atoms with Gasteiger partial charge in [-0.15, -0.1) is 0 Å². The van der Waals surface area contributed by atoms with Gasteiger partial charge in [0.2, 0.25) is 5.91 Å². The minimum atomic E-state index is -0.970. The zero-order valence-electron chi connectivity index (χ0n) is 19.4. The molecule has 0 atom stereocenters. The Bertz CT molecular complexity index is 1260. The Balaban J connectivity index is 1.64. The summed E-state index contributed by atoms with van der Waals surface area (Å²) in [6, 6.07) is 14.4. The first-order valence-corrected chi connectivity index (χ1v) is 11.9. The normalized spacial score (nSPS) is 14.5. The number of carboxylic acid groups (broad SMARTS) is 1. The quantitative estimate of drug-likeness (QED) is 0.492. The van der Waals surface area contributed by atoms with E-state index in [1.165, 1.54) is 4.57 Å². The molecule has 1 N–H and O–H groups in total. The lowest BCUT2D eigenvalue weighted by Crippen LogP contribution is -2.33. The molecule has 0 radical (unpaired) electrons. The minimum absolute atomic E-state index is 0.0844. The summed E-state index contributed by atoms with van der Waals surface area (Å²) in [6.07, 6.45) is 11.3. The van der Waals surface area contributed by atoms with Crippen LogP contribution in [0.4, 0.5) is 0 Å². The predicted molar refractivity (Wildman–Crippen MR) is 133 cm³/mol. The maximum atomic E-state index is 13.3. The van der Waals surface area contributed by atoms with Gasteiger partial charge < -0.3 is 5.11 Å². The van der Waals surface area contributed by atoms with Crippen LogP contribution < -0.4 is 5.69 Å². The van der Waals surface area contributed by atoms with Crippen LogP contribution in [-0.2, 0) is 6.54 Å². The van der Waals surface area contributed by atoms with Gasteiger partial charge in [0.25, 0.3) is 0 Å². The van der Waals surface area contributed by atoms with Crippen molar-refractivity contribution in [3.05, 3.63) is 88.1 Å². The van der Waals surface area contributed by atoms with E-state index in [-0.39, 0.29) is 23.1 Å². The Kier molecular flexibility index (Phi) is 7.26. The van der Waals surface area contributed by atoms with Crippen molar-refractivity contribution in [2.24, 2.45) is 5.92 Å². The summed E-state index contributed by atoms with van der Waals surface area (Å²) in [4.78, 5) is 37.9. The molecule has 1 fully saturated rings. The molecule has 4 rings (SSSR count). The van der Waals surface area contributed by atoms with Gasteiger partial charge in [-0.3, -0.25) is 9.36 Å². The number of aromatic nitrogens is 2. The van der Waals surface area contributed by atoms with Gasteiger partial charge >= 0.3 is 11.7 Å². The molecular formula is C28H30N2O4. The topological polar surface area (TPSA) is 81.3 Å². The first kappa shape index (κ1) is 23.5. The van der Waals surface area contributed by atoms with E-state index in [2.05, 4.69) is 0 Å². The largest absolute Gasteiger partial charge is 0.478 e. The van der Waals surface area contributed by atoms with Gasteiger partial charge in [-0.25, -0.2) is 14.2 Å². The third-order valence-corrected chi connectivity index (χ3v) is 6.49. The van der Waals surface area contributed by atoms with E-state index in [4.69, 9.17) is 0 Å². The monoisotopic (exact) mass is 458 g/mol. The lowest BCUT2D eigenvalue weighted by Gasteiger charge is -2.19. The number of carbonyl (C=O) groups excluding carboxylic acids is 1. The lowest BCUT2D eigenvalue weighted by molar-refractivity contribution is 0.0697. The van der Waals surface area contributed by atoms with Gasteiger partial charge in [0.15, 0.2) is 0 Å². The molecular weight excluding hydrogens is 428 g/mol. The van der Waals surface area contributed by atoms with E-state index in [1.54, 1.807) is 29.0 Å². The SMILES string of the molecule is CCC=Cc1cn(C(=O)C2CCCCC2)c(=O)n1Cc1ccc(-c2ccccc2C(=O)O)cc1. The highest BCUT2D eigenvalue weighted by atomic mass is 16.4. The van der Waals surface area contributed by atoms with Gasteiger partial charge in [0, 0.05) is 12.1 Å². The summed E-state index contributed by atoms with van der Waals surface area (Å²) < 4.78 is 2.93. The lowest BCUT2D eigenvalue weighted by atomic mass is 9.88. The second-order valence-corrected chi connectivity index (χ2v) is 8.82. The first-order chi connectivity index (χ1) is 16.5. The number of benzene rings is 2. The summed E-state index contributed by atoms with van der Waals surface area (Å²) in [7, 11) is 0. The zero-order chi connectivity index (χ0) is 24.1. The fraction of sp³-hybridized carbons (Fsp3) is 0.321. The molecule has 1 heterocycles. The maximum Gasteiger partial charge on any atom is 0.336 e. The van der Waals surface area contributed by atoms with E-state index < -0.39 is 5.97 Å².